The summed E-state index contributed by atoms with van der Waals surface area (Å²) in [6.07, 6.45) is 4.65. The van der Waals surface area contributed by atoms with Crippen molar-refractivity contribution in [2.24, 2.45) is 0 Å². The van der Waals surface area contributed by atoms with Crippen LogP contribution in [0.2, 0.25) is 0 Å². The first-order chi connectivity index (χ1) is 12.5. The second-order valence-electron chi connectivity index (χ2n) is 5.10. The Bertz CT molecular complexity index is 651. The predicted molar refractivity (Wildman–Crippen MR) is 102 cm³/mol. The standard InChI is InChI=1S/C17H21ClF2N4OS/c1-2-24(16(25)7-10-26-9-4-6-15(19)20)14(17(18)21)12-23-13-5-3-8-22-11-13/h3,5-6,8,11-12,21,23H,2,4,7,9-10H2,1H3/p+1/b14-12+,21-17?. The van der Waals surface area contributed by atoms with Crippen LogP contribution in [0.4, 0.5) is 14.5 Å². The quantitative estimate of drug-likeness (QED) is 0.439. The van der Waals surface area contributed by atoms with Gasteiger partial charge in [-0.25, -0.2) is 0 Å². The van der Waals surface area contributed by atoms with Crippen LogP contribution in [0, 0.1) is 5.41 Å². The summed E-state index contributed by atoms with van der Waals surface area (Å²) in [6.45, 7) is 2.18. The van der Waals surface area contributed by atoms with Crippen LogP contribution in [0.15, 0.2) is 48.6 Å². The van der Waals surface area contributed by atoms with Crippen LogP contribution in [0.3, 0.4) is 0 Å². The van der Waals surface area contributed by atoms with Crippen LogP contribution in [0.5, 0.6) is 0 Å². The molecule has 1 rings (SSSR count). The molecule has 0 aliphatic heterocycles. The molecule has 1 aromatic heterocycles. The Labute approximate surface area is 161 Å². The number of carbonyl (C=O) groups excluding carboxylic acids is 1. The molecular formula is C17H22ClF2N4OS+. The van der Waals surface area contributed by atoms with Gasteiger partial charge in [0, 0.05) is 31.0 Å². The Hall–Kier alpha value is -1.77. The van der Waals surface area contributed by atoms with Crippen LogP contribution < -0.4 is 5.32 Å². The van der Waals surface area contributed by atoms with Gasteiger partial charge in [0.05, 0.1) is 6.20 Å². The van der Waals surface area contributed by atoms with Crippen LogP contribution in [0.25, 0.3) is 0 Å². The third kappa shape index (κ3) is 8.55. The molecule has 0 saturated carbocycles. The van der Waals surface area contributed by atoms with E-state index in [1.165, 1.54) is 16.7 Å². The first-order valence-corrected chi connectivity index (χ1v) is 9.57. The minimum atomic E-state index is -1.68. The zero-order valence-corrected chi connectivity index (χ0v) is 16.0. The van der Waals surface area contributed by atoms with Gasteiger partial charge in [-0.05, 0) is 31.2 Å². The highest BCUT2D eigenvalue weighted by molar-refractivity contribution is 7.99. The lowest BCUT2D eigenvalue weighted by Crippen LogP contribution is -2.72. The number of thioether (sulfide) groups is 1. The monoisotopic (exact) mass is 403 g/mol. The van der Waals surface area contributed by atoms with Gasteiger partial charge in [0.2, 0.25) is 5.91 Å². The number of nitrogens with one attached hydrogen (secondary N) is 1. The maximum Gasteiger partial charge on any atom is 0.266 e. The van der Waals surface area contributed by atoms with E-state index in [0.29, 0.717) is 23.7 Å². The van der Waals surface area contributed by atoms with E-state index >= 15 is 0 Å². The van der Waals surface area contributed by atoms with Crippen molar-refractivity contribution in [2.45, 2.75) is 19.8 Å². The van der Waals surface area contributed by atoms with Crippen molar-refractivity contribution in [2.75, 3.05) is 18.1 Å². The molecule has 1 heterocycles. The van der Waals surface area contributed by atoms with E-state index in [9.17, 15) is 13.6 Å². The fourth-order valence-corrected chi connectivity index (χ4v) is 3.03. The minimum absolute atomic E-state index is 0.163. The highest BCUT2D eigenvalue weighted by Crippen LogP contribution is 2.13. The molecule has 0 aliphatic rings. The topological polar surface area (TPSA) is 73.7 Å². The lowest BCUT2D eigenvalue weighted by Gasteiger charge is -2.21. The molecular weight excluding hydrogens is 382 g/mol. The molecule has 3 N–H and O–H groups in total. The number of amides is 1. The number of carbonyl (C=O) groups is 1. The van der Waals surface area contributed by atoms with Gasteiger partial charge in [-0.1, -0.05) is 11.6 Å². The fourth-order valence-electron chi connectivity index (χ4n) is 2.06. The average molecular weight is 404 g/mol. The van der Waals surface area contributed by atoms with Crippen molar-refractivity contribution in [3.63, 3.8) is 0 Å². The van der Waals surface area contributed by atoms with E-state index in [4.69, 9.17) is 17.0 Å². The molecule has 0 atom stereocenters. The van der Waals surface area contributed by atoms with Crippen LogP contribution in [-0.4, -0.2) is 39.0 Å². The van der Waals surface area contributed by atoms with Gasteiger partial charge in [-0.15, -0.1) is 0 Å². The molecule has 9 heteroatoms. The van der Waals surface area contributed by atoms with E-state index in [1.807, 2.05) is 6.07 Å². The molecule has 1 amide bonds. The van der Waals surface area contributed by atoms with Crippen molar-refractivity contribution in [1.29, 1.82) is 5.41 Å². The predicted octanol–water partition coefficient (Wildman–Crippen LogP) is 3.48. The van der Waals surface area contributed by atoms with Crippen molar-refractivity contribution in [3.8, 4) is 0 Å². The first-order valence-electron chi connectivity index (χ1n) is 8.04. The summed E-state index contributed by atoms with van der Waals surface area (Å²) in [5.41, 5.74) is 1.14. The van der Waals surface area contributed by atoms with Crippen LogP contribution in [0.1, 0.15) is 19.8 Å². The summed E-state index contributed by atoms with van der Waals surface area (Å²) in [7, 11) is 0. The van der Waals surface area contributed by atoms with Gasteiger partial charge in [0.15, 0.2) is 5.69 Å². The number of hydrogen-bond donors (Lipinski definition) is 2. The van der Waals surface area contributed by atoms with Crippen LogP contribution in [-0.2, 0) is 4.79 Å². The van der Waals surface area contributed by atoms with E-state index in [0.717, 1.165) is 11.8 Å². The van der Waals surface area contributed by atoms with Gasteiger partial charge < -0.3 is 4.90 Å². The summed E-state index contributed by atoms with van der Waals surface area (Å²) in [4.78, 5) is 17.9. The molecule has 0 spiro atoms. The molecule has 0 bridgehead atoms. The number of quaternary nitrogens is 1. The third-order valence-electron chi connectivity index (χ3n) is 3.27. The maximum absolute atomic E-state index is 12.4. The second kappa shape index (κ2) is 12.6. The molecule has 26 heavy (non-hydrogen) atoms. The van der Waals surface area contributed by atoms with Gasteiger partial charge in [0.1, 0.15) is 17.1 Å². The van der Waals surface area contributed by atoms with Crippen molar-refractivity contribution in [3.05, 3.63) is 48.6 Å². The highest BCUT2D eigenvalue weighted by Gasteiger charge is 2.20. The largest absolute Gasteiger partial charge is 0.305 e. The van der Waals surface area contributed by atoms with Gasteiger partial charge >= 0.3 is 0 Å². The zero-order chi connectivity index (χ0) is 19.4. The number of rotatable bonds is 11. The summed E-state index contributed by atoms with van der Waals surface area (Å²) in [6, 6.07) is 3.64. The number of nitrogens with zero attached hydrogens (tertiary/aromatic N) is 2. The summed E-state index contributed by atoms with van der Waals surface area (Å²) >= 11 is 7.30. The summed E-state index contributed by atoms with van der Waals surface area (Å²) < 4.78 is 23.9. The highest BCUT2D eigenvalue weighted by atomic mass is 35.5. The first kappa shape index (κ1) is 22.3. The third-order valence-corrected chi connectivity index (χ3v) is 4.48. The Kier molecular flexibility index (Phi) is 10.8. The molecule has 0 saturated heterocycles. The molecule has 142 valence electrons. The Morgan fingerprint density at radius 3 is 2.81 bits per heavy atom. The number of halogens is 3. The van der Waals surface area contributed by atoms with Crippen molar-refractivity contribution >= 4 is 40.1 Å². The average Bonchev–Trinajstić information content (AvgIpc) is 2.61. The number of allylic oxidation sites excluding steroid dienone is 2. The number of nitrogens with two attached hydrogens (primary N) is 1. The molecule has 0 unspecified atom stereocenters. The number of aromatic nitrogens is 1. The minimum Gasteiger partial charge on any atom is -0.305 e. The molecule has 1 aromatic rings. The second-order valence-corrected chi connectivity index (χ2v) is 6.70. The zero-order valence-electron chi connectivity index (χ0n) is 14.4. The van der Waals surface area contributed by atoms with E-state index in [2.05, 4.69) is 4.98 Å². The van der Waals surface area contributed by atoms with Gasteiger partial charge in [0.25, 0.3) is 6.08 Å². The SMILES string of the molecule is CCN(C(=O)CCSCCC=C(F)F)/C(=C/[NH2+]c1cccnc1)C(=N)Cl. The lowest BCUT2D eigenvalue weighted by molar-refractivity contribution is -0.497. The molecule has 0 aliphatic carbocycles. The summed E-state index contributed by atoms with van der Waals surface area (Å²) in [5, 5.41) is 9.25. The van der Waals surface area contributed by atoms with Crippen molar-refractivity contribution < 1.29 is 18.9 Å². The molecule has 0 fully saturated rings. The number of hydrogen-bond acceptors (Lipinski definition) is 4. The van der Waals surface area contributed by atoms with E-state index in [-0.39, 0.29) is 23.9 Å². The van der Waals surface area contributed by atoms with Gasteiger partial charge in [-0.2, -0.15) is 20.5 Å². The molecule has 0 aromatic carbocycles. The Morgan fingerprint density at radius 2 is 2.23 bits per heavy atom. The Balaban J connectivity index is 2.61. The Morgan fingerprint density at radius 1 is 1.46 bits per heavy atom. The lowest BCUT2D eigenvalue weighted by atomic mass is 10.3. The van der Waals surface area contributed by atoms with E-state index in [1.54, 1.807) is 36.9 Å². The molecule has 0 radical (unpaired) electrons. The smallest absolute Gasteiger partial charge is 0.266 e. The van der Waals surface area contributed by atoms with Gasteiger partial charge in [-0.3, -0.25) is 20.5 Å². The summed E-state index contributed by atoms with van der Waals surface area (Å²) in [5.74, 6) is 0.884. The molecule has 5 nitrogen and oxygen atoms in total. The normalized spacial score (nSPS) is 11.2. The maximum atomic E-state index is 12.4. The fraction of sp³-hybridized carbons (Fsp3) is 0.353. The number of pyridine rings is 1. The van der Waals surface area contributed by atoms with E-state index < -0.39 is 6.08 Å². The van der Waals surface area contributed by atoms with Crippen molar-refractivity contribution in [1.82, 2.24) is 9.88 Å². The van der Waals surface area contributed by atoms with Crippen LogP contribution >= 0.6 is 23.4 Å².